The van der Waals surface area contributed by atoms with Gasteiger partial charge in [0.05, 0.1) is 29.9 Å². The second-order valence-corrected chi connectivity index (χ2v) is 3.79. The maximum Gasteiger partial charge on any atom is 0.241 e. The van der Waals surface area contributed by atoms with Gasteiger partial charge in [0.1, 0.15) is 0 Å². The third-order valence-electron chi connectivity index (χ3n) is 2.42. The topological polar surface area (TPSA) is 112 Å². The van der Waals surface area contributed by atoms with Gasteiger partial charge >= 0.3 is 0 Å². The number of hydrogen-bond donors (Lipinski definition) is 4. The Kier molecular flexibility index (Phi) is 3.20. The van der Waals surface area contributed by atoms with Gasteiger partial charge in [-0.1, -0.05) is 0 Å². The molecule has 2 heterocycles. The van der Waals surface area contributed by atoms with Crippen molar-refractivity contribution in [3.63, 3.8) is 0 Å². The van der Waals surface area contributed by atoms with E-state index >= 15 is 0 Å². The molecule has 0 aliphatic carbocycles. The predicted octanol–water partition coefficient (Wildman–Crippen LogP) is -0.0503. The highest BCUT2D eigenvalue weighted by Crippen LogP contribution is 2.10. The maximum absolute atomic E-state index is 11.8. The Morgan fingerprint density at radius 2 is 2.41 bits per heavy atom. The lowest BCUT2D eigenvalue weighted by Gasteiger charge is -2.10. The number of carbonyl (C=O) groups excluding carboxylic acids is 1. The molecule has 0 aliphatic rings. The first-order valence-electron chi connectivity index (χ1n) is 5.20. The number of aryl methyl sites for hydroxylation is 1. The summed E-state index contributed by atoms with van der Waals surface area (Å²) in [6.45, 7) is 1.82. The van der Waals surface area contributed by atoms with Crippen LogP contribution in [-0.4, -0.2) is 32.1 Å². The van der Waals surface area contributed by atoms with Crippen LogP contribution in [0, 0.1) is 6.92 Å². The monoisotopic (exact) mass is 234 g/mol. The summed E-state index contributed by atoms with van der Waals surface area (Å²) in [4.78, 5) is 18.5. The van der Waals surface area contributed by atoms with Crippen LogP contribution >= 0.6 is 0 Å². The average Bonchev–Trinajstić information content (AvgIpc) is 2.91. The lowest BCUT2D eigenvalue weighted by molar-refractivity contribution is -0.117. The summed E-state index contributed by atoms with van der Waals surface area (Å²) in [5.41, 5.74) is 8.06. The number of imidazole rings is 1. The van der Waals surface area contributed by atoms with Crippen molar-refractivity contribution in [2.75, 3.05) is 5.32 Å². The van der Waals surface area contributed by atoms with Crippen LogP contribution in [0.15, 0.2) is 18.7 Å². The number of aromatic nitrogens is 4. The Morgan fingerprint density at radius 3 is 3.00 bits per heavy atom. The van der Waals surface area contributed by atoms with Crippen LogP contribution < -0.4 is 11.1 Å². The molecule has 5 N–H and O–H groups in total. The van der Waals surface area contributed by atoms with Crippen molar-refractivity contribution in [2.24, 2.45) is 5.73 Å². The van der Waals surface area contributed by atoms with Crippen molar-refractivity contribution in [3.8, 4) is 0 Å². The normalized spacial score (nSPS) is 12.4. The quantitative estimate of drug-likeness (QED) is 0.594. The molecule has 2 aromatic heterocycles. The third-order valence-corrected chi connectivity index (χ3v) is 2.42. The molecule has 0 spiro atoms. The molecule has 90 valence electrons. The third kappa shape index (κ3) is 2.70. The van der Waals surface area contributed by atoms with Crippen LogP contribution in [0.25, 0.3) is 0 Å². The minimum atomic E-state index is -0.621. The molecule has 0 fully saturated rings. The van der Waals surface area contributed by atoms with E-state index in [1.165, 1.54) is 0 Å². The first-order chi connectivity index (χ1) is 8.16. The minimum Gasteiger partial charge on any atom is -0.348 e. The van der Waals surface area contributed by atoms with E-state index in [-0.39, 0.29) is 5.91 Å². The van der Waals surface area contributed by atoms with Gasteiger partial charge in [-0.25, -0.2) is 4.98 Å². The predicted molar refractivity (Wildman–Crippen MR) is 62.2 cm³/mol. The largest absolute Gasteiger partial charge is 0.348 e. The van der Waals surface area contributed by atoms with Crippen LogP contribution in [0.5, 0.6) is 0 Å². The molecule has 7 heteroatoms. The Balaban J connectivity index is 1.94. The Morgan fingerprint density at radius 1 is 1.59 bits per heavy atom. The van der Waals surface area contributed by atoms with E-state index < -0.39 is 6.04 Å². The first kappa shape index (κ1) is 11.3. The molecule has 0 bridgehead atoms. The number of aromatic amines is 2. The van der Waals surface area contributed by atoms with Crippen molar-refractivity contribution in [2.45, 2.75) is 19.4 Å². The highest BCUT2D eigenvalue weighted by Gasteiger charge is 2.16. The molecule has 0 unspecified atom stereocenters. The molecule has 1 atom stereocenters. The zero-order valence-corrected chi connectivity index (χ0v) is 9.40. The van der Waals surface area contributed by atoms with Gasteiger partial charge in [0.25, 0.3) is 0 Å². The summed E-state index contributed by atoms with van der Waals surface area (Å²) in [5.74, 6) is -0.246. The van der Waals surface area contributed by atoms with Gasteiger partial charge in [0.2, 0.25) is 5.91 Å². The molecule has 17 heavy (non-hydrogen) atoms. The van der Waals surface area contributed by atoms with E-state index in [0.717, 1.165) is 11.4 Å². The SMILES string of the molecule is Cc1[nH]ncc1NC(=O)[C@@H](N)Cc1cnc[nH]1. The highest BCUT2D eigenvalue weighted by atomic mass is 16.2. The fraction of sp³-hybridized carbons (Fsp3) is 0.300. The Bertz CT molecular complexity index is 489. The van der Waals surface area contributed by atoms with Gasteiger partial charge in [0, 0.05) is 18.3 Å². The van der Waals surface area contributed by atoms with Gasteiger partial charge in [0.15, 0.2) is 0 Å². The molecular weight excluding hydrogens is 220 g/mol. The standard InChI is InChI=1S/C10H14N6O/c1-6-9(4-14-16-6)15-10(17)8(11)2-7-3-12-5-13-7/h3-5,8H,2,11H2,1H3,(H,12,13)(H,14,16)(H,15,17)/t8-/m0/s1. The van der Waals surface area contributed by atoms with E-state index in [2.05, 4.69) is 25.5 Å². The minimum absolute atomic E-state index is 0.246. The average molecular weight is 234 g/mol. The van der Waals surface area contributed by atoms with E-state index in [1.54, 1.807) is 18.7 Å². The highest BCUT2D eigenvalue weighted by molar-refractivity contribution is 5.95. The number of H-pyrrole nitrogens is 2. The molecule has 2 aromatic rings. The van der Waals surface area contributed by atoms with Gasteiger partial charge in [-0.05, 0) is 6.92 Å². The summed E-state index contributed by atoms with van der Waals surface area (Å²) in [6.07, 6.45) is 5.18. The molecule has 0 aliphatic heterocycles. The summed E-state index contributed by atoms with van der Waals surface area (Å²) in [6, 6.07) is -0.621. The first-order valence-corrected chi connectivity index (χ1v) is 5.20. The second-order valence-electron chi connectivity index (χ2n) is 3.79. The zero-order valence-electron chi connectivity index (χ0n) is 9.40. The van der Waals surface area contributed by atoms with Crippen LogP contribution in [0.4, 0.5) is 5.69 Å². The zero-order chi connectivity index (χ0) is 12.3. The molecule has 2 rings (SSSR count). The molecule has 0 saturated carbocycles. The van der Waals surface area contributed by atoms with E-state index in [0.29, 0.717) is 12.1 Å². The molecule has 0 aromatic carbocycles. The number of nitrogens with zero attached hydrogens (tertiary/aromatic N) is 2. The number of rotatable bonds is 4. The summed E-state index contributed by atoms with van der Waals surface area (Å²) < 4.78 is 0. The molecule has 7 nitrogen and oxygen atoms in total. The van der Waals surface area contributed by atoms with Crippen molar-refractivity contribution >= 4 is 11.6 Å². The lowest BCUT2D eigenvalue weighted by atomic mass is 10.1. The summed E-state index contributed by atoms with van der Waals surface area (Å²) in [7, 11) is 0. The van der Waals surface area contributed by atoms with Crippen molar-refractivity contribution in [1.29, 1.82) is 0 Å². The fourth-order valence-electron chi connectivity index (χ4n) is 1.43. The number of amides is 1. The summed E-state index contributed by atoms with van der Waals surface area (Å²) in [5, 5.41) is 9.26. The molecule has 0 radical (unpaired) electrons. The van der Waals surface area contributed by atoms with Gasteiger partial charge < -0.3 is 16.0 Å². The van der Waals surface area contributed by atoms with Crippen molar-refractivity contribution < 1.29 is 4.79 Å². The number of hydrogen-bond acceptors (Lipinski definition) is 4. The van der Waals surface area contributed by atoms with Gasteiger partial charge in [-0.3, -0.25) is 9.89 Å². The van der Waals surface area contributed by atoms with E-state index in [1.807, 2.05) is 6.92 Å². The smallest absolute Gasteiger partial charge is 0.241 e. The molecule has 1 amide bonds. The van der Waals surface area contributed by atoms with Gasteiger partial charge in [-0.2, -0.15) is 5.10 Å². The maximum atomic E-state index is 11.8. The van der Waals surface area contributed by atoms with E-state index in [4.69, 9.17) is 5.73 Å². The van der Waals surface area contributed by atoms with Crippen molar-refractivity contribution in [1.82, 2.24) is 20.2 Å². The van der Waals surface area contributed by atoms with E-state index in [9.17, 15) is 4.79 Å². The van der Waals surface area contributed by atoms with Crippen LogP contribution in [0.1, 0.15) is 11.4 Å². The lowest BCUT2D eigenvalue weighted by Crippen LogP contribution is -2.37. The van der Waals surface area contributed by atoms with Crippen LogP contribution in [0.2, 0.25) is 0 Å². The number of carbonyl (C=O) groups is 1. The second kappa shape index (κ2) is 4.79. The fourth-order valence-corrected chi connectivity index (χ4v) is 1.43. The van der Waals surface area contributed by atoms with Crippen LogP contribution in [0.3, 0.4) is 0 Å². The Labute approximate surface area is 97.8 Å². The van der Waals surface area contributed by atoms with Crippen molar-refractivity contribution in [3.05, 3.63) is 30.1 Å². The van der Waals surface area contributed by atoms with Gasteiger partial charge in [-0.15, -0.1) is 0 Å². The Hall–Kier alpha value is -2.15. The molecule has 0 saturated heterocycles. The number of anilines is 1. The number of nitrogens with two attached hydrogens (primary N) is 1. The summed E-state index contributed by atoms with van der Waals surface area (Å²) >= 11 is 0. The van der Waals surface area contributed by atoms with Crippen LogP contribution in [-0.2, 0) is 11.2 Å². The number of nitrogens with one attached hydrogen (secondary N) is 3. The molecular formula is C10H14N6O.